The van der Waals surface area contributed by atoms with Gasteiger partial charge in [0.05, 0.1) is 23.5 Å². The maximum atomic E-state index is 12.0. The van der Waals surface area contributed by atoms with Crippen molar-refractivity contribution >= 4 is 28.7 Å². The zero-order chi connectivity index (χ0) is 20.1. The molecule has 6 heteroatoms. The van der Waals surface area contributed by atoms with E-state index in [0.717, 1.165) is 59.9 Å². The summed E-state index contributed by atoms with van der Waals surface area (Å²) in [5, 5.41) is 0. The Labute approximate surface area is 176 Å². The summed E-state index contributed by atoms with van der Waals surface area (Å²) in [4.78, 5) is 18.5. The minimum atomic E-state index is 0.297. The zero-order valence-corrected chi connectivity index (χ0v) is 17.7. The van der Waals surface area contributed by atoms with E-state index < -0.39 is 0 Å². The molecule has 2 aromatic carbocycles. The van der Waals surface area contributed by atoms with Crippen LogP contribution in [-0.4, -0.2) is 45.1 Å². The van der Waals surface area contributed by atoms with Gasteiger partial charge in [0.1, 0.15) is 12.1 Å². The first-order chi connectivity index (χ1) is 14.2. The van der Waals surface area contributed by atoms with Crippen LogP contribution in [0.4, 0.5) is 0 Å². The van der Waals surface area contributed by atoms with E-state index in [-0.39, 0.29) is 0 Å². The minimum Gasteiger partial charge on any atom is -0.494 e. The number of unbranched alkanes of at least 4 members (excludes halogenated alkanes) is 2. The predicted octanol–water partition coefficient (Wildman–Crippen LogP) is 4.81. The maximum absolute atomic E-state index is 12.0. The third-order valence-corrected chi connectivity index (χ3v) is 6.21. The molecule has 0 unspecified atom stereocenters. The van der Waals surface area contributed by atoms with Crippen molar-refractivity contribution in [3.05, 3.63) is 54.4 Å². The number of hydrogen-bond donors (Lipinski definition) is 0. The van der Waals surface area contributed by atoms with E-state index >= 15 is 0 Å². The van der Waals surface area contributed by atoms with E-state index in [9.17, 15) is 4.79 Å². The van der Waals surface area contributed by atoms with Crippen LogP contribution in [0.5, 0.6) is 5.75 Å². The van der Waals surface area contributed by atoms with Gasteiger partial charge in [-0.2, -0.15) is 0 Å². The Kier molecular flexibility index (Phi) is 6.39. The second-order valence-corrected chi connectivity index (χ2v) is 8.53. The zero-order valence-electron chi connectivity index (χ0n) is 16.8. The summed E-state index contributed by atoms with van der Waals surface area (Å²) in [7, 11) is 0. The Morgan fingerprint density at radius 2 is 2.00 bits per heavy atom. The number of aromatic nitrogens is 2. The van der Waals surface area contributed by atoms with E-state index in [4.69, 9.17) is 4.74 Å². The summed E-state index contributed by atoms with van der Waals surface area (Å²) in [5.74, 6) is 3.10. The minimum absolute atomic E-state index is 0.297. The molecule has 1 fully saturated rings. The van der Waals surface area contributed by atoms with Crippen molar-refractivity contribution in [1.29, 1.82) is 0 Å². The van der Waals surface area contributed by atoms with Gasteiger partial charge in [-0.05, 0) is 50.5 Å². The first-order valence-electron chi connectivity index (χ1n) is 10.2. The molecule has 152 valence electrons. The summed E-state index contributed by atoms with van der Waals surface area (Å²) in [6.45, 7) is 3.66. The number of amides is 1. The van der Waals surface area contributed by atoms with E-state index in [2.05, 4.69) is 46.8 Å². The molecule has 4 rings (SSSR count). The maximum Gasteiger partial charge on any atom is 0.223 e. The fourth-order valence-corrected chi connectivity index (χ4v) is 4.47. The third kappa shape index (κ3) is 4.93. The standard InChI is InChI=1S/C23H27N3O2S/c1-18-6-8-19(9-7-18)26-16-24-21-11-10-20(15-22(21)26)28-13-4-2-3-5-23(27)25-12-14-29-17-25/h6-11,15-16H,2-5,12-14,17H2,1H3. The Hall–Kier alpha value is -2.47. The molecule has 0 aliphatic carbocycles. The number of benzene rings is 2. The summed E-state index contributed by atoms with van der Waals surface area (Å²) in [6.07, 6.45) is 5.41. The van der Waals surface area contributed by atoms with Crippen molar-refractivity contribution < 1.29 is 9.53 Å². The molecule has 0 saturated carbocycles. The highest BCUT2D eigenvalue weighted by Crippen LogP contribution is 2.23. The van der Waals surface area contributed by atoms with Crippen LogP contribution in [0.15, 0.2) is 48.8 Å². The van der Waals surface area contributed by atoms with Gasteiger partial charge >= 0.3 is 0 Å². The fourth-order valence-electron chi connectivity index (χ4n) is 3.50. The van der Waals surface area contributed by atoms with Crippen LogP contribution in [0.2, 0.25) is 0 Å². The smallest absolute Gasteiger partial charge is 0.223 e. The summed E-state index contributed by atoms with van der Waals surface area (Å²) in [6, 6.07) is 14.4. The number of ether oxygens (including phenoxy) is 1. The fraction of sp³-hybridized carbons (Fsp3) is 0.391. The number of aryl methyl sites for hydroxylation is 1. The highest BCUT2D eigenvalue weighted by molar-refractivity contribution is 7.99. The van der Waals surface area contributed by atoms with Crippen LogP contribution in [0.25, 0.3) is 16.7 Å². The lowest BCUT2D eigenvalue weighted by atomic mass is 10.2. The topological polar surface area (TPSA) is 47.4 Å². The number of nitrogens with zero attached hydrogens (tertiary/aromatic N) is 3. The molecule has 1 aliphatic rings. The molecular weight excluding hydrogens is 382 g/mol. The Bertz CT molecular complexity index is 962. The number of imidazole rings is 1. The van der Waals surface area contributed by atoms with Crippen molar-refractivity contribution in [3.8, 4) is 11.4 Å². The van der Waals surface area contributed by atoms with Crippen LogP contribution in [-0.2, 0) is 4.79 Å². The van der Waals surface area contributed by atoms with E-state index in [1.165, 1.54) is 5.56 Å². The van der Waals surface area contributed by atoms with Crippen molar-refractivity contribution in [3.63, 3.8) is 0 Å². The van der Waals surface area contributed by atoms with Gasteiger partial charge in [0.2, 0.25) is 5.91 Å². The summed E-state index contributed by atoms with van der Waals surface area (Å²) < 4.78 is 8.05. The van der Waals surface area contributed by atoms with E-state index in [0.29, 0.717) is 18.9 Å². The molecule has 0 radical (unpaired) electrons. The van der Waals surface area contributed by atoms with Crippen LogP contribution >= 0.6 is 11.8 Å². The molecule has 0 spiro atoms. The molecule has 1 amide bonds. The van der Waals surface area contributed by atoms with Crippen LogP contribution in [0, 0.1) is 6.92 Å². The first-order valence-corrected chi connectivity index (χ1v) is 11.4. The van der Waals surface area contributed by atoms with Crippen molar-refractivity contribution in [2.75, 3.05) is 24.8 Å². The number of thioether (sulfide) groups is 1. The summed E-state index contributed by atoms with van der Waals surface area (Å²) >= 11 is 1.84. The molecule has 0 N–H and O–H groups in total. The highest BCUT2D eigenvalue weighted by Gasteiger charge is 2.17. The van der Waals surface area contributed by atoms with Crippen LogP contribution < -0.4 is 4.74 Å². The van der Waals surface area contributed by atoms with E-state index in [1.54, 1.807) is 0 Å². The summed E-state index contributed by atoms with van der Waals surface area (Å²) in [5.41, 5.74) is 4.33. The average molecular weight is 410 g/mol. The Morgan fingerprint density at radius 3 is 2.79 bits per heavy atom. The molecular formula is C23H27N3O2S. The lowest BCUT2D eigenvalue weighted by Gasteiger charge is -2.14. The largest absolute Gasteiger partial charge is 0.494 e. The quantitative estimate of drug-likeness (QED) is 0.501. The molecule has 1 aliphatic heterocycles. The number of hydrogen-bond acceptors (Lipinski definition) is 4. The van der Waals surface area contributed by atoms with Gasteiger partial charge in [0.25, 0.3) is 0 Å². The van der Waals surface area contributed by atoms with Gasteiger partial charge in [0, 0.05) is 30.5 Å². The van der Waals surface area contributed by atoms with Gasteiger partial charge < -0.3 is 9.64 Å². The second-order valence-electron chi connectivity index (χ2n) is 7.45. The molecule has 1 saturated heterocycles. The van der Waals surface area contributed by atoms with Crippen LogP contribution in [0.3, 0.4) is 0 Å². The van der Waals surface area contributed by atoms with Gasteiger partial charge in [-0.15, -0.1) is 11.8 Å². The monoisotopic (exact) mass is 409 g/mol. The van der Waals surface area contributed by atoms with Crippen molar-refractivity contribution in [2.24, 2.45) is 0 Å². The first kappa shape index (κ1) is 19.8. The lowest BCUT2D eigenvalue weighted by Crippen LogP contribution is -2.27. The van der Waals surface area contributed by atoms with Gasteiger partial charge in [0.15, 0.2) is 0 Å². The second kappa shape index (κ2) is 9.35. The van der Waals surface area contributed by atoms with Gasteiger partial charge in [-0.1, -0.05) is 17.7 Å². The SMILES string of the molecule is Cc1ccc(-n2cnc3ccc(OCCCCCC(=O)N4CCSC4)cc32)cc1. The molecule has 29 heavy (non-hydrogen) atoms. The van der Waals surface area contributed by atoms with Gasteiger partial charge in [-0.25, -0.2) is 4.98 Å². The molecule has 2 heterocycles. The molecule has 0 bridgehead atoms. The molecule has 1 aromatic heterocycles. The molecule has 0 atom stereocenters. The third-order valence-electron chi connectivity index (χ3n) is 5.24. The van der Waals surface area contributed by atoms with E-state index in [1.807, 2.05) is 35.1 Å². The Morgan fingerprint density at radius 1 is 1.14 bits per heavy atom. The molecule has 5 nitrogen and oxygen atoms in total. The van der Waals surface area contributed by atoms with Gasteiger partial charge in [-0.3, -0.25) is 9.36 Å². The molecule has 3 aromatic rings. The average Bonchev–Trinajstić information content (AvgIpc) is 3.41. The normalized spacial score (nSPS) is 13.9. The number of carbonyl (C=O) groups is 1. The number of fused-ring (bicyclic) bond motifs is 1. The van der Waals surface area contributed by atoms with Crippen LogP contribution in [0.1, 0.15) is 31.2 Å². The van der Waals surface area contributed by atoms with Crippen molar-refractivity contribution in [2.45, 2.75) is 32.6 Å². The predicted molar refractivity (Wildman–Crippen MR) is 119 cm³/mol. The highest BCUT2D eigenvalue weighted by atomic mass is 32.2. The Balaban J connectivity index is 1.28. The lowest BCUT2D eigenvalue weighted by molar-refractivity contribution is -0.129. The number of carbonyl (C=O) groups excluding carboxylic acids is 1. The van der Waals surface area contributed by atoms with Crippen molar-refractivity contribution in [1.82, 2.24) is 14.5 Å². The number of rotatable bonds is 8.